The second-order valence-electron chi connectivity index (χ2n) is 9.16. The smallest absolute Gasteiger partial charge is 0.148 e. The van der Waals surface area contributed by atoms with E-state index < -0.39 is 0 Å². The Morgan fingerprint density at radius 3 is 2.68 bits per heavy atom. The Kier molecular flexibility index (Phi) is 5.41. The number of rotatable bonds is 4. The molecule has 2 aliphatic rings. The van der Waals surface area contributed by atoms with E-state index in [1.807, 2.05) is 17.2 Å². The number of anilines is 2. The van der Waals surface area contributed by atoms with Crippen LogP contribution in [0.1, 0.15) is 38.1 Å². The lowest BCUT2D eigenvalue weighted by atomic mass is 9.96. The predicted molar refractivity (Wildman–Crippen MR) is 130 cm³/mol. The Labute approximate surface area is 196 Å². The molecule has 1 aliphatic carbocycles. The molecule has 3 N–H and O–H groups in total. The topological polar surface area (TPSA) is 97.9 Å². The molecule has 2 fully saturated rings. The average molecular weight is 462 g/mol. The van der Waals surface area contributed by atoms with Gasteiger partial charge in [0.25, 0.3) is 0 Å². The number of aromatic nitrogens is 5. The minimum Gasteiger partial charge on any atom is -0.383 e. The lowest BCUT2D eigenvalue weighted by Crippen LogP contribution is -2.36. The van der Waals surface area contributed by atoms with Gasteiger partial charge in [0.1, 0.15) is 17.5 Å². The number of benzene rings is 1. The zero-order valence-corrected chi connectivity index (χ0v) is 19.0. The molecule has 0 atom stereocenters. The number of hydrogen-bond acceptors (Lipinski definition) is 6. The van der Waals surface area contributed by atoms with Crippen LogP contribution < -0.4 is 10.6 Å². The Hall–Kier alpha value is -3.46. The Morgan fingerprint density at radius 1 is 1.03 bits per heavy atom. The first-order chi connectivity index (χ1) is 16.7. The standard InChI is InChI=1S/C25H28FN7O/c26-20-11-21-22(12-23(20)32-6-8-34-9-7-32)31-25(30-21)19-10-16(13-28-24(19)27)17-14-29-33(15-17)18-4-2-1-3-5-18/h10-15,18H,1-9H2,(H2,27,28)(H,30,31). The first-order valence-corrected chi connectivity index (χ1v) is 12.0. The summed E-state index contributed by atoms with van der Waals surface area (Å²) in [7, 11) is 0. The van der Waals surface area contributed by atoms with E-state index in [1.165, 1.54) is 38.2 Å². The first-order valence-electron chi connectivity index (χ1n) is 12.0. The monoisotopic (exact) mass is 461 g/mol. The van der Waals surface area contributed by atoms with Crippen LogP contribution in [0.25, 0.3) is 33.5 Å². The fourth-order valence-corrected chi connectivity index (χ4v) is 5.05. The summed E-state index contributed by atoms with van der Waals surface area (Å²) in [5.74, 6) is 0.663. The summed E-state index contributed by atoms with van der Waals surface area (Å²) in [6.45, 7) is 2.51. The van der Waals surface area contributed by atoms with Crippen LogP contribution in [-0.2, 0) is 4.74 Å². The summed E-state index contributed by atoms with van der Waals surface area (Å²) in [5, 5.41) is 4.62. The summed E-state index contributed by atoms with van der Waals surface area (Å²) in [4.78, 5) is 14.4. The van der Waals surface area contributed by atoms with E-state index in [1.54, 1.807) is 12.3 Å². The molecule has 0 amide bonds. The number of ether oxygens (including phenoxy) is 1. The van der Waals surface area contributed by atoms with Crippen LogP contribution in [0.4, 0.5) is 15.9 Å². The van der Waals surface area contributed by atoms with Crippen LogP contribution in [0.5, 0.6) is 0 Å². The van der Waals surface area contributed by atoms with E-state index in [2.05, 4.69) is 25.9 Å². The molecule has 6 rings (SSSR count). The van der Waals surface area contributed by atoms with Crippen molar-refractivity contribution in [3.05, 3.63) is 42.6 Å². The van der Waals surface area contributed by atoms with Gasteiger partial charge in [-0.25, -0.2) is 14.4 Å². The van der Waals surface area contributed by atoms with Crippen molar-refractivity contribution in [1.29, 1.82) is 0 Å². The fourth-order valence-electron chi connectivity index (χ4n) is 5.05. The van der Waals surface area contributed by atoms with Gasteiger partial charge in [-0.15, -0.1) is 0 Å². The lowest BCUT2D eigenvalue weighted by Gasteiger charge is -2.29. The van der Waals surface area contributed by atoms with Gasteiger partial charge in [0, 0.05) is 42.7 Å². The maximum atomic E-state index is 14.9. The molecule has 1 saturated heterocycles. The van der Waals surface area contributed by atoms with Gasteiger partial charge in [-0.1, -0.05) is 19.3 Å². The highest BCUT2D eigenvalue weighted by Crippen LogP contribution is 2.33. The van der Waals surface area contributed by atoms with Crippen LogP contribution >= 0.6 is 0 Å². The van der Waals surface area contributed by atoms with Crippen molar-refractivity contribution in [1.82, 2.24) is 24.7 Å². The van der Waals surface area contributed by atoms with Gasteiger partial charge in [0.15, 0.2) is 0 Å². The van der Waals surface area contributed by atoms with E-state index in [0.29, 0.717) is 66.3 Å². The minimum absolute atomic E-state index is 0.278. The molecule has 1 aromatic carbocycles. The molecule has 4 aromatic rings. The van der Waals surface area contributed by atoms with Gasteiger partial charge in [0.05, 0.1) is 47.7 Å². The third kappa shape index (κ3) is 3.90. The number of hydrogen-bond donors (Lipinski definition) is 2. The Morgan fingerprint density at radius 2 is 1.85 bits per heavy atom. The molecule has 8 nitrogen and oxygen atoms in total. The van der Waals surface area contributed by atoms with E-state index in [-0.39, 0.29) is 5.82 Å². The maximum Gasteiger partial charge on any atom is 0.148 e. The van der Waals surface area contributed by atoms with Gasteiger partial charge >= 0.3 is 0 Å². The molecule has 176 valence electrons. The van der Waals surface area contributed by atoms with Gasteiger partial charge in [-0.2, -0.15) is 5.10 Å². The number of nitrogen functional groups attached to an aromatic ring is 1. The average Bonchev–Trinajstić information content (AvgIpc) is 3.52. The number of morpholine rings is 1. The number of nitrogens with zero attached hydrogens (tertiary/aromatic N) is 5. The van der Waals surface area contributed by atoms with E-state index in [0.717, 1.165) is 11.1 Å². The number of H-pyrrole nitrogens is 1. The highest BCUT2D eigenvalue weighted by Gasteiger charge is 2.20. The zero-order valence-electron chi connectivity index (χ0n) is 19.0. The molecule has 9 heteroatoms. The van der Waals surface area contributed by atoms with Crippen LogP contribution in [0.15, 0.2) is 36.8 Å². The number of nitrogens with two attached hydrogens (primary N) is 1. The second kappa shape index (κ2) is 8.72. The van der Waals surface area contributed by atoms with Crippen molar-refractivity contribution in [3.8, 4) is 22.5 Å². The SMILES string of the molecule is Nc1ncc(-c2cnn(C3CCCCC3)c2)cc1-c1nc2cc(N3CCOCC3)c(F)cc2[nH]1. The Balaban J connectivity index is 1.33. The summed E-state index contributed by atoms with van der Waals surface area (Å²) < 4.78 is 22.3. The third-order valence-corrected chi connectivity index (χ3v) is 6.96. The van der Waals surface area contributed by atoms with Crippen molar-refractivity contribution in [3.63, 3.8) is 0 Å². The molecule has 0 radical (unpaired) electrons. The van der Waals surface area contributed by atoms with E-state index in [4.69, 9.17) is 15.5 Å². The molecule has 0 spiro atoms. The number of nitrogens with one attached hydrogen (secondary N) is 1. The number of fused-ring (bicyclic) bond motifs is 1. The normalized spacial score (nSPS) is 17.5. The van der Waals surface area contributed by atoms with Gasteiger partial charge in [0.2, 0.25) is 0 Å². The van der Waals surface area contributed by atoms with Crippen molar-refractivity contribution in [2.24, 2.45) is 0 Å². The second-order valence-corrected chi connectivity index (χ2v) is 9.16. The highest BCUT2D eigenvalue weighted by molar-refractivity contribution is 5.85. The van der Waals surface area contributed by atoms with Crippen LogP contribution in [0.2, 0.25) is 0 Å². The largest absolute Gasteiger partial charge is 0.383 e. The van der Waals surface area contributed by atoms with Gasteiger partial charge in [-0.05, 0) is 25.0 Å². The molecule has 3 aromatic heterocycles. The number of pyridine rings is 1. The molecular formula is C25H28FN7O. The summed E-state index contributed by atoms with van der Waals surface area (Å²) >= 11 is 0. The molecule has 1 aliphatic heterocycles. The summed E-state index contributed by atoms with van der Waals surface area (Å²) in [6, 6.07) is 5.73. The molecule has 4 heterocycles. The highest BCUT2D eigenvalue weighted by atomic mass is 19.1. The number of imidazole rings is 1. The summed E-state index contributed by atoms with van der Waals surface area (Å²) in [5.41, 5.74) is 10.7. The van der Waals surface area contributed by atoms with Crippen molar-refractivity contribution in [2.75, 3.05) is 36.9 Å². The van der Waals surface area contributed by atoms with Crippen molar-refractivity contribution in [2.45, 2.75) is 38.1 Å². The van der Waals surface area contributed by atoms with Crippen LogP contribution in [-0.4, -0.2) is 51.0 Å². The van der Waals surface area contributed by atoms with E-state index >= 15 is 0 Å². The predicted octanol–water partition coefficient (Wildman–Crippen LogP) is 4.55. The number of aromatic amines is 1. The Bertz CT molecular complexity index is 1320. The molecule has 0 bridgehead atoms. The van der Waals surface area contributed by atoms with Gasteiger partial charge < -0.3 is 20.4 Å². The van der Waals surface area contributed by atoms with Crippen LogP contribution in [0, 0.1) is 5.82 Å². The van der Waals surface area contributed by atoms with Crippen molar-refractivity contribution >= 4 is 22.5 Å². The lowest BCUT2D eigenvalue weighted by molar-refractivity contribution is 0.122. The van der Waals surface area contributed by atoms with Crippen molar-refractivity contribution < 1.29 is 9.13 Å². The quantitative estimate of drug-likeness (QED) is 0.463. The number of halogens is 1. The zero-order chi connectivity index (χ0) is 23.1. The van der Waals surface area contributed by atoms with E-state index in [9.17, 15) is 4.39 Å². The molecule has 34 heavy (non-hydrogen) atoms. The third-order valence-electron chi connectivity index (χ3n) is 6.96. The fraction of sp³-hybridized carbons (Fsp3) is 0.400. The minimum atomic E-state index is -0.278. The maximum absolute atomic E-state index is 14.9. The summed E-state index contributed by atoms with van der Waals surface area (Å²) in [6.07, 6.45) is 11.9. The molecule has 0 unspecified atom stereocenters. The first kappa shape index (κ1) is 21.1. The molecule has 1 saturated carbocycles. The van der Waals surface area contributed by atoms with Crippen LogP contribution in [0.3, 0.4) is 0 Å². The van der Waals surface area contributed by atoms with Gasteiger partial charge in [-0.3, -0.25) is 4.68 Å². The molecular weight excluding hydrogens is 433 g/mol.